The molecule has 0 bridgehead atoms. The number of hydrogen-bond acceptors (Lipinski definition) is 4. The maximum absolute atomic E-state index is 10.6. The largest absolute Gasteiger partial charge is 0.488 e. The summed E-state index contributed by atoms with van der Waals surface area (Å²) in [5.74, 6) is 0.267. The van der Waals surface area contributed by atoms with Crippen LogP contribution in [0.4, 0.5) is 0 Å². The molecule has 0 spiro atoms. The van der Waals surface area contributed by atoms with E-state index in [1.165, 1.54) is 17.4 Å². The van der Waals surface area contributed by atoms with E-state index in [1.54, 1.807) is 12.3 Å². The zero-order chi connectivity index (χ0) is 13.7. The highest BCUT2D eigenvalue weighted by atomic mass is 35.5. The van der Waals surface area contributed by atoms with Gasteiger partial charge < -0.3 is 10.5 Å². The van der Waals surface area contributed by atoms with Gasteiger partial charge in [0.05, 0.1) is 4.88 Å². The van der Waals surface area contributed by atoms with Crippen molar-refractivity contribution in [2.24, 2.45) is 5.73 Å². The molecule has 0 radical (unpaired) electrons. The summed E-state index contributed by atoms with van der Waals surface area (Å²) in [4.78, 5) is 15.5. The van der Waals surface area contributed by atoms with Crippen molar-refractivity contribution < 1.29 is 9.53 Å². The molecule has 1 amide bonds. The second-order valence-corrected chi connectivity index (χ2v) is 5.37. The summed E-state index contributed by atoms with van der Waals surface area (Å²) < 4.78 is 6.09. The maximum Gasteiger partial charge on any atom is 0.241 e. The lowest BCUT2D eigenvalue weighted by Crippen LogP contribution is -2.05. The number of rotatable bonds is 5. The third-order valence-corrected chi connectivity index (χ3v) is 3.31. The predicted octanol–water partition coefficient (Wildman–Crippen LogP) is 2.87. The molecule has 19 heavy (non-hydrogen) atoms. The van der Waals surface area contributed by atoms with Gasteiger partial charge >= 0.3 is 0 Å². The first-order valence-electron chi connectivity index (χ1n) is 5.44. The van der Waals surface area contributed by atoms with Crippen LogP contribution in [0.2, 0.25) is 4.47 Å². The molecule has 2 aromatic rings. The number of aromatic nitrogens is 1. The normalized spacial score (nSPS) is 10.8. The highest BCUT2D eigenvalue weighted by Gasteiger charge is 2.00. The summed E-state index contributed by atoms with van der Waals surface area (Å²) in [5.41, 5.74) is 5.90. The van der Waals surface area contributed by atoms with Gasteiger partial charge in [0.25, 0.3) is 0 Å². The minimum Gasteiger partial charge on any atom is -0.488 e. The maximum atomic E-state index is 10.6. The number of halogens is 1. The fourth-order valence-corrected chi connectivity index (χ4v) is 2.25. The van der Waals surface area contributed by atoms with Crippen molar-refractivity contribution in [3.8, 4) is 5.75 Å². The van der Waals surface area contributed by atoms with Crippen LogP contribution < -0.4 is 10.5 Å². The van der Waals surface area contributed by atoms with E-state index in [-0.39, 0.29) is 0 Å². The van der Waals surface area contributed by atoms with E-state index in [1.807, 2.05) is 24.3 Å². The molecule has 0 aliphatic rings. The van der Waals surface area contributed by atoms with Gasteiger partial charge in [-0.1, -0.05) is 23.7 Å². The van der Waals surface area contributed by atoms with Crippen LogP contribution in [-0.2, 0) is 11.4 Å². The average molecular weight is 295 g/mol. The number of thiazole rings is 1. The molecule has 1 aromatic carbocycles. The third-order valence-electron chi connectivity index (χ3n) is 2.23. The molecule has 2 N–H and O–H groups in total. The predicted molar refractivity (Wildman–Crippen MR) is 76.1 cm³/mol. The van der Waals surface area contributed by atoms with Crippen molar-refractivity contribution in [1.29, 1.82) is 0 Å². The van der Waals surface area contributed by atoms with Crippen molar-refractivity contribution in [3.63, 3.8) is 0 Å². The van der Waals surface area contributed by atoms with Gasteiger partial charge in [-0.05, 0) is 23.8 Å². The Bertz CT molecular complexity index is 593. The van der Waals surface area contributed by atoms with Crippen molar-refractivity contribution in [2.45, 2.75) is 6.61 Å². The van der Waals surface area contributed by atoms with Crippen LogP contribution in [-0.4, -0.2) is 10.9 Å². The first-order chi connectivity index (χ1) is 9.13. The lowest BCUT2D eigenvalue weighted by Gasteiger charge is -2.04. The lowest BCUT2D eigenvalue weighted by molar-refractivity contribution is -0.113. The summed E-state index contributed by atoms with van der Waals surface area (Å²) in [7, 11) is 0. The molecule has 0 unspecified atom stereocenters. The second kappa shape index (κ2) is 6.36. The molecular formula is C13H11ClN2O2S. The summed E-state index contributed by atoms with van der Waals surface area (Å²) in [5, 5.41) is 0. The molecule has 0 aliphatic heterocycles. The molecule has 0 saturated carbocycles. The number of carbonyl (C=O) groups excluding carboxylic acids is 1. The number of hydrogen-bond donors (Lipinski definition) is 1. The molecule has 1 aromatic heterocycles. The van der Waals surface area contributed by atoms with E-state index < -0.39 is 5.91 Å². The van der Waals surface area contributed by atoms with Gasteiger partial charge in [0.2, 0.25) is 5.91 Å². The van der Waals surface area contributed by atoms with E-state index in [4.69, 9.17) is 22.1 Å². The standard InChI is InChI=1S/C13H11ClN2O2S/c14-13-16-7-11(19-13)8-18-10-4-1-9(2-5-10)3-6-12(15)17/h1-7H,8H2,(H2,15,17)/b6-3-. The zero-order valence-electron chi connectivity index (χ0n) is 9.88. The van der Waals surface area contributed by atoms with Gasteiger partial charge in [-0.3, -0.25) is 4.79 Å². The molecule has 0 aliphatic carbocycles. The molecule has 6 heteroatoms. The van der Waals surface area contributed by atoms with Crippen molar-refractivity contribution in [2.75, 3.05) is 0 Å². The van der Waals surface area contributed by atoms with Gasteiger partial charge in [0.15, 0.2) is 4.47 Å². The monoisotopic (exact) mass is 294 g/mol. The number of benzene rings is 1. The molecule has 4 nitrogen and oxygen atoms in total. The third kappa shape index (κ3) is 4.39. The van der Waals surface area contributed by atoms with Crippen molar-refractivity contribution in [3.05, 3.63) is 51.4 Å². The highest BCUT2D eigenvalue weighted by molar-refractivity contribution is 7.15. The summed E-state index contributed by atoms with van der Waals surface area (Å²) in [6, 6.07) is 7.33. The van der Waals surface area contributed by atoms with Gasteiger partial charge in [0, 0.05) is 12.3 Å². The van der Waals surface area contributed by atoms with Crippen molar-refractivity contribution >= 4 is 34.9 Å². The highest BCUT2D eigenvalue weighted by Crippen LogP contribution is 2.20. The quantitative estimate of drug-likeness (QED) is 0.862. The Morgan fingerprint density at radius 1 is 1.42 bits per heavy atom. The summed E-state index contributed by atoms with van der Waals surface area (Å²) in [6.45, 7) is 0.431. The molecule has 2 rings (SSSR count). The second-order valence-electron chi connectivity index (χ2n) is 3.67. The van der Waals surface area contributed by atoms with Gasteiger partial charge in [-0.15, -0.1) is 11.3 Å². The molecule has 98 valence electrons. The van der Waals surface area contributed by atoms with Crippen LogP contribution in [0.1, 0.15) is 10.4 Å². The Labute approximate surface area is 119 Å². The number of primary amides is 1. The molecule has 0 saturated heterocycles. The van der Waals surface area contributed by atoms with E-state index in [0.29, 0.717) is 11.1 Å². The molecule has 1 heterocycles. The van der Waals surface area contributed by atoms with Crippen molar-refractivity contribution in [1.82, 2.24) is 4.98 Å². The van der Waals surface area contributed by atoms with Gasteiger partial charge in [-0.25, -0.2) is 4.98 Å². The Hall–Kier alpha value is -1.85. The van der Waals surface area contributed by atoms with Crippen LogP contribution in [0.25, 0.3) is 6.08 Å². The van der Waals surface area contributed by atoms with Crippen LogP contribution >= 0.6 is 22.9 Å². The molecule has 0 fully saturated rings. The molecular weight excluding hydrogens is 284 g/mol. The van der Waals surface area contributed by atoms with Crippen LogP contribution in [0.5, 0.6) is 5.75 Å². The number of amides is 1. The lowest BCUT2D eigenvalue weighted by atomic mass is 10.2. The minimum absolute atomic E-state index is 0.431. The Kier molecular flexibility index (Phi) is 4.54. The first kappa shape index (κ1) is 13.6. The number of ether oxygens (including phenoxy) is 1. The zero-order valence-corrected chi connectivity index (χ0v) is 11.4. The van der Waals surface area contributed by atoms with Crippen LogP contribution in [0.15, 0.2) is 36.5 Å². The topological polar surface area (TPSA) is 65.2 Å². The van der Waals surface area contributed by atoms with E-state index in [2.05, 4.69) is 4.98 Å². The number of nitrogens with zero attached hydrogens (tertiary/aromatic N) is 1. The summed E-state index contributed by atoms with van der Waals surface area (Å²) >= 11 is 7.12. The van der Waals surface area contributed by atoms with E-state index in [9.17, 15) is 4.79 Å². The minimum atomic E-state index is -0.470. The fraction of sp³-hybridized carbons (Fsp3) is 0.0769. The van der Waals surface area contributed by atoms with Crippen LogP contribution in [0.3, 0.4) is 0 Å². The average Bonchev–Trinajstić information content (AvgIpc) is 2.81. The smallest absolute Gasteiger partial charge is 0.241 e. The van der Waals surface area contributed by atoms with Gasteiger partial charge in [0.1, 0.15) is 12.4 Å². The van der Waals surface area contributed by atoms with E-state index in [0.717, 1.165) is 16.2 Å². The fourth-order valence-electron chi connectivity index (χ4n) is 1.36. The Balaban J connectivity index is 1.93. The Morgan fingerprint density at radius 2 is 2.16 bits per heavy atom. The van der Waals surface area contributed by atoms with Crippen LogP contribution in [0, 0.1) is 0 Å². The number of carbonyl (C=O) groups is 1. The van der Waals surface area contributed by atoms with E-state index >= 15 is 0 Å². The Morgan fingerprint density at radius 3 is 2.74 bits per heavy atom. The van der Waals surface area contributed by atoms with Gasteiger partial charge in [-0.2, -0.15) is 0 Å². The first-order valence-corrected chi connectivity index (χ1v) is 6.63. The SMILES string of the molecule is NC(=O)/C=C\c1ccc(OCc2cnc(Cl)s2)cc1. The number of nitrogens with two attached hydrogens (primary N) is 1. The summed E-state index contributed by atoms with van der Waals surface area (Å²) in [6.07, 6.45) is 4.65. The molecule has 0 atom stereocenters.